The fourth-order valence-corrected chi connectivity index (χ4v) is 4.62. The van der Waals surface area contributed by atoms with Gasteiger partial charge in [-0.05, 0) is 105 Å². The maximum absolute atomic E-state index is 12.5. The molecule has 174 valence electrons. The Labute approximate surface area is 196 Å². The first-order valence-electron chi connectivity index (χ1n) is 11.2. The zero-order valence-electron chi connectivity index (χ0n) is 20.2. The van der Waals surface area contributed by atoms with E-state index in [2.05, 4.69) is 30.7 Å². The highest BCUT2D eigenvalue weighted by Gasteiger charge is 2.32. The van der Waals surface area contributed by atoms with Crippen LogP contribution in [0.5, 0.6) is 5.75 Å². The maximum Gasteiger partial charge on any atom is 0.337 e. The van der Waals surface area contributed by atoms with Crippen LogP contribution in [0.4, 0.5) is 5.69 Å². The molecule has 0 saturated carbocycles. The van der Waals surface area contributed by atoms with Crippen molar-refractivity contribution in [3.63, 3.8) is 0 Å². The second-order valence-corrected chi connectivity index (χ2v) is 11.0. The second kappa shape index (κ2) is 9.75. The summed E-state index contributed by atoms with van der Waals surface area (Å²) in [5, 5.41) is 10.6. The minimum atomic E-state index is -1.08. The molecule has 3 rings (SSSR count). The predicted molar refractivity (Wildman–Crippen MR) is 133 cm³/mol. The van der Waals surface area contributed by atoms with E-state index < -0.39 is 17.7 Å². The van der Waals surface area contributed by atoms with Gasteiger partial charge in [0.05, 0.1) is 12.2 Å². The van der Waals surface area contributed by atoms with Crippen LogP contribution >= 0.6 is 11.9 Å². The van der Waals surface area contributed by atoms with Crippen molar-refractivity contribution in [3.8, 4) is 16.9 Å². The van der Waals surface area contributed by atoms with Gasteiger partial charge in [-0.25, -0.2) is 4.79 Å². The molecule has 0 saturated heterocycles. The summed E-state index contributed by atoms with van der Waals surface area (Å²) in [6.07, 6.45) is 0.866. The van der Waals surface area contributed by atoms with E-state index in [9.17, 15) is 9.90 Å². The number of nitrogens with one attached hydrogen (secondary N) is 1. The van der Waals surface area contributed by atoms with Crippen molar-refractivity contribution in [2.45, 2.75) is 78.3 Å². The molecule has 32 heavy (non-hydrogen) atoms. The normalized spacial score (nSPS) is 14.6. The topological polar surface area (TPSA) is 67.8 Å². The number of fused-ring (bicyclic) bond motifs is 1. The second-order valence-electron chi connectivity index (χ2n) is 9.65. The number of carboxylic acid groups (broad SMARTS) is 1. The number of hydrogen-bond acceptors (Lipinski definition) is 5. The van der Waals surface area contributed by atoms with Crippen LogP contribution in [-0.2, 0) is 16.0 Å². The largest absolute Gasteiger partial charge is 0.493 e. The summed E-state index contributed by atoms with van der Waals surface area (Å²) in [5.41, 5.74) is 6.01. The fourth-order valence-electron chi connectivity index (χ4n) is 4.04. The van der Waals surface area contributed by atoms with Crippen molar-refractivity contribution < 1.29 is 19.4 Å². The van der Waals surface area contributed by atoms with Crippen LogP contribution in [0.3, 0.4) is 0 Å². The van der Waals surface area contributed by atoms with Crippen LogP contribution in [0.25, 0.3) is 11.1 Å². The lowest BCUT2D eigenvalue weighted by atomic mass is 9.86. The molecule has 2 N–H and O–H groups in total. The summed E-state index contributed by atoms with van der Waals surface area (Å²) in [6, 6.07) is 8.28. The molecule has 1 unspecified atom stereocenters. The number of aliphatic carboxylic acids is 1. The number of aryl methyl sites for hydroxylation is 2. The van der Waals surface area contributed by atoms with Gasteiger partial charge in [-0.3, -0.25) is 0 Å². The molecule has 2 aromatic carbocycles. The first-order valence-corrected chi connectivity index (χ1v) is 12.1. The van der Waals surface area contributed by atoms with Gasteiger partial charge in [-0.15, -0.1) is 0 Å². The molecule has 0 spiro atoms. The Balaban J connectivity index is 2.23. The highest BCUT2D eigenvalue weighted by atomic mass is 32.2. The van der Waals surface area contributed by atoms with Gasteiger partial charge in [0.15, 0.2) is 6.10 Å². The van der Waals surface area contributed by atoms with Gasteiger partial charge in [0.25, 0.3) is 0 Å². The van der Waals surface area contributed by atoms with E-state index in [1.807, 2.05) is 46.8 Å². The number of benzene rings is 2. The lowest BCUT2D eigenvalue weighted by molar-refractivity contribution is -0.160. The van der Waals surface area contributed by atoms with Crippen molar-refractivity contribution in [2.75, 3.05) is 11.3 Å². The minimum absolute atomic E-state index is 0.388. The third-order valence-corrected chi connectivity index (χ3v) is 6.20. The Kier molecular flexibility index (Phi) is 7.46. The third kappa shape index (κ3) is 5.59. The average Bonchev–Trinajstić information content (AvgIpc) is 2.71. The zero-order valence-corrected chi connectivity index (χ0v) is 21.0. The van der Waals surface area contributed by atoms with Gasteiger partial charge in [-0.1, -0.05) is 19.9 Å². The van der Waals surface area contributed by atoms with E-state index in [0.717, 1.165) is 58.7 Å². The molecule has 0 fully saturated rings. The molecule has 1 atom stereocenters. The van der Waals surface area contributed by atoms with Gasteiger partial charge in [0.2, 0.25) is 0 Å². The fraction of sp³-hybridized carbons (Fsp3) is 0.500. The number of ether oxygens (including phenoxy) is 2. The Morgan fingerprint density at radius 1 is 1.22 bits per heavy atom. The van der Waals surface area contributed by atoms with Crippen molar-refractivity contribution in [1.82, 2.24) is 0 Å². The highest BCUT2D eigenvalue weighted by molar-refractivity contribution is 8.01. The molecule has 1 aliphatic rings. The zero-order chi connectivity index (χ0) is 23.6. The molecular formula is C26H35NO4S. The quantitative estimate of drug-likeness (QED) is 0.451. The van der Waals surface area contributed by atoms with Gasteiger partial charge in [0, 0.05) is 16.5 Å². The SMILES string of the molecule is Cc1cc(NSC(C)C)c(C)c(C(OC(C)(C)C)C(=O)O)c1-c1ccc2c(c1)CCCO2. The standard InChI is InChI=1S/C26H35NO4S/c1-15(2)32-27-20-13-16(3)22(19-10-11-21-18(14-19)9-8-12-30-21)23(17(20)4)24(25(28)29)31-26(5,6)7/h10-11,13-15,24,27H,8-9,12H2,1-7H3,(H,28,29). The van der Waals surface area contributed by atoms with E-state index >= 15 is 0 Å². The number of carbonyl (C=O) groups is 1. The van der Waals surface area contributed by atoms with Crippen molar-refractivity contribution >= 4 is 23.6 Å². The number of rotatable bonds is 7. The first kappa shape index (κ1) is 24.5. The third-order valence-electron chi connectivity index (χ3n) is 5.39. The molecule has 5 nitrogen and oxygen atoms in total. The summed E-state index contributed by atoms with van der Waals surface area (Å²) in [5.74, 6) is -0.0677. The molecule has 0 aromatic heterocycles. The summed E-state index contributed by atoms with van der Waals surface area (Å²) >= 11 is 1.61. The first-order chi connectivity index (χ1) is 15.0. The lowest BCUT2D eigenvalue weighted by Crippen LogP contribution is -2.28. The predicted octanol–water partition coefficient (Wildman–Crippen LogP) is 6.70. The number of hydrogen-bond donors (Lipinski definition) is 2. The molecule has 2 aromatic rings. The Bertz CT molecular complexity index is 994. The van der Waals surface area contributed by atoms with E-state index in [0.29, 0.717) is 10.8 Å². The van der Waals surface area contributed by atoms with Crippen LogP contribution in [0, 0.1) is 13.8 Å². The molecule has 0 amide bonds. The van der Waals surface area contributed by atoms with Crippen molar-refractivity contribution in [3.05, 3.63) is 46.5 Å². The van der Waals surface area contributed by atoms with Crippen molar-refractivity contribution in [1.29, 1.82) is 0 Å². The van der Waals surface area contributed by atoms with Crippen LogP contribution in [0.1, 0.15) is 69.4 Å². The Morgan fingerprint density at radius 3 is 2.56 bits per heavy atom. The molecule has 6 heteroatoms. The van der Waals surface area contributed by atoms with E-state index in [4.69, 9.17) is 9.47 Å². The van der Waals surface area contributed by atoms with E-state index in [1.54, 1.807) is 11.9 Å². The molecule has 1 heterocycles. The molecular weight excluding hydrogens is 422 g/mol. The van der Waals surface area contributed by atoms with Crippen LogP contribution < -0.4 is 9.46 Å². The smallest absolute Gasteiger partial charge is 0.337 e. The minimum Gasteiger partial charge on any atom is -0.493 e. The van der Waals surface area contributed by atoms with Crippen molar-refractivity contribution in [2.24, 2.45) is 0 Å². The average molecular weight is 458 g/mol. The molecule has 1 aliphatic heterocycles. The van der Waals surface area contributed by atoms with Gasteiger partial charge in [0.1, 0.15) is 5.75 Å². The maximum atomic E-state index is 12.5. The van der Waals surface area contributed by atoms with Crippen LogP contribution in [0.2, 0.25) is 0 Å². The lowest BCUT2D eigenvalue weighted by Gasteiger charge is -2.30. The molecule has 0 aliphatic carbocycles. The highest BCUT2D eigenvalue weighted by Crippen LogP contribution is 2.42. The molecule has 0 radical (unpaired) electrons. The van der Waals surface area contributed by atoms with Gasteiger partial charge in [-0.2, -0.15) is 0 Å². The van der Waals surface area contributed by atoms with E-state index in [-0.39, 0.29) is 0 Å². The molecule has 0 bridgehead atoms. The summed E-state index contributed by atoms with van der Waals surface area (Å²) < 4.78 is 15.3. The van der Waals surface area contributed by atoms with Crippen LogP contribution in [0.15, 0.2) is 24.3 Å². The Morgan fingerprint density at radius 2 is 1.94 bits per heavy atom. The van der Waals surface area contributed by atoms with E-state index in [1.165, 1.54) is 0 Å². The number of anilines is 1. The van der Waals surface area contributed by atoms with Gasteiger partial charge < -0.3 is 19.3 Å². The Hall–Kier alpha value is -2.18. The summed E-state index contributed by atoms with van der Waals surface area (Å²) in [7, 11) is 0. The monoisotopic (exact) mass is 457 g/mol. The summed E-state index contributed by atoms with van der Waals surface area (Å²) in [6.45, 7) is 14.7. The van der Waals surface area contributed by atoms with Gasteiger partial charge >= 0.3 is 5.97 Å². The van der Waals surface area contributed by atoms with Crippen LogP contribution in [-0.4, -0.2) is 28.5 Å². The summed E-state index contributed by atoms with van der Waals surface area (Å²) in [4.78, 5) is 12.5. The number of carboxylic acids is 1.